The van der Waals surface area contributed by atoms with Crippen molar-refractivity contribution in [2.75, 3.05) is 20.4 Å². The predicted octanol–water partition coefficient (Wildman–Crippen LogP) is 3.05. The highest BCUT2D eigenvalue weighted by Crippen LogP contribution is 2.09. The quantitative estimate of drug-likeness (QED) is 0.292. The highest BCUT2D eigenvalue weighted by atomic mass is 28.3. The summed E-state index contributed by atoms with van der Waals surface area (Å²) in [6.45, 7) is 14.7. The Bertz CT molecular complexity index is 202. The van der Waals surface area contributed by atoms with Gasteiger partial charge in [-0.3, -0.25) is 5.01 Å². The Labute approximate surface area is 102 Å². The van der Waals surface area contributed by atoms with Gasteiger partial charge in [-0.25, -0.2) is 5.43 Å². The van der Waals surface area contributed by atoms with E-state index in [4.69, 9.17) is 4.74 Å². The minimum atomic E-state index is -0.968. The molecule has 0 heterocycles. The second-order valence-electron chi connectivity index (χ2n) is 5.32. The summed E-state index contributed by atoms with van der Waals surface area (Å²) in [5.74, 6) is 0. The van der Waals surface area contributed by atoms with Crippen LogP contribution in [0.1, 0.15) is 19.8 Å². The minimum Gasteiger partial charge on any atom is -0.360 e. The number of rotatable bonds is 9. The van der Waals surface area contributed by atoms with Crippen molar-refractivity contribution >= 4 is 8.07 Å². The van der Waals surface area contributed by atoms with Crippen LogP contribution >= 0.6 is 0 Å². The van der Waals surface area contributed by atoms with Gasteiger partial charge in [-0.05, 0) is 12.5 Å². The summed E-state index contributed by atoms with van der Waals surface area (Å²) in [6, 6.07) is 1.21. The predicted molar refractivity (Wildman–Crippen MR) is 73.9 cm³/mol. The molecule has 0 saturated carbocycles. The number of hydrogen-bond donors (Lipinski definition) is 1. The van der Waals surface area contributed by atoms with Crippen molar-refractivity contribution in [3.05, 3.63) is 12.3 Å². The second kappa shape index (κ2) is 7.87. The average Bonchev–Trinajstić information content (AvgIpc) is 2.16. The lowest BCUT2D eigenvalue weighted by atomic mass is 10.3. The van der Waals surface area contributed by atoms with E-state index in [1.807, 2.05) is 12.1 Å². The van der Waals surface area contributed by atoms with Crippen molar-refractivity contribution in [3.63, 3.8) is 0 Å². The van der Waals surface area contributed by atoms with Gasteiger partial charge in [0, 0.05) is 27.4 Å². The Hall–Kier alpha value is -0.323. The third kappa shape index (κ3) is 7.90. The Morgan fingerprint density at radius 2 is 2.00 bits per heavy atom. The molecule has 16 heavy (non-hydrogen) atoms. The number of ether oxygens (including phenoxy) is 1. The van der Waals surface area contributed by atoms with Gasteiger partial charge in [0.15, 0.2) is 0 Å². The number of hydrogen-bond acceptors (Lipinski definition) is 3. The Balaban J connectivity index is 3.75. The number of allylic oxidation sites excluding steroid dienone is 1. The van der Waals surface area contributed by atoms with Gasteiger partial charge < -0.3 is 4.74 Å². The first-order chi connectivity index (χ1) is 7.40. The summed E-state index contributed by atoms with van der Waals surface area (Å²) in [6.07, 6.45) is 2.13. The summed E-state index contributed by atoms with van der Waals surface area (Å²) in [7, 11) is 0.937. The molecule has 0 saturated heterocycles. The molecule has 3 nitrogen and oxygen atoms in total. The Kier molecular flexibility index (Phi) is 7.71. The highest BCUT2D eigenvalue weighted by Gasteiger charge is 2.12. The molecule has 0 aromatic heterocycles. The third-order valence-electron chi connectivity index (χ3n) is 2.41. The van der Waals surface area contributed by atoms with E-state index in [9.17, 15) is 0 Å². The molecule has 0 aliphatic carbocycles. The van der Waals surface area contributed by atoms with Gasteiger partial charge in [0.1, 0.15) is 6.73 Å². The summed E-state index contributed by atoms with van der Waals surface area (Å²) in [4.78, 5) is 0. The van der Waals surface area contributed by atoms with Crippen LogP contribution in [0.3, 0.4) is 0 Å². The van der Waals surface area contributed by atoms with Crippen LogP contribution in [0.4, 0.5) is 0 Å². The molecule has 0 aliphatic rings. The molecule has 0 aromatic carbocycles. The molecule has 96 valence electrons. The SMILES string of the molecule is C=C(CCC)N(COCC[Si](C)(C)C)NC. The van der Waals surface area contributed by atoms with Crippen LogP contribution in [0.5, 0.6) is 0 Å². The molecule has 0 bridgehead atoms. The van der Waals surface area contributed by atoms with E-state index < -0.39 is 8.07 Å². The van der Waals surface area contributed by atoms with Gasteiger partial charge in [-0.1, -0.05) is 39.6 Å². The lowest BCUT2D eigenvalue weighted by molar-refractivity contribution is 0.0306. The van der Waals surface area contributed by atoms with Crippen LogP contribution in [-0.4, -0.2) is 33.5 Å². The molecule has 0 amide bonds. The fourth-order valence-electron chi connectivity index (χ4n) is 1.27. The average molecular weight is 244 g/mol. The Morgan fingerprint density at radius 3 is 2.44 bits per heavy atom. The topological polar surface area (TPSA) is 24.5 Å². The maximum Gasteiger partial charge on any atom is 0.132 e. The van der Waals surface area contributed by atoms with Crippen molar-refractivity contribution in [3.8, 4) is 0 Å². The van der Waals surface area contributed by atoms with Crippen LogP contribution in [0, 0.1) is 0 Å². The molecule has 0 rings (SSSR count). The normalized spacial score (nSPS) is 11.6. The fourth-order valence-corrected chi connectivity index (χ4v) is 2.03. The van der Waals surface area contributed by atoms with E-state index in [0.29, 0.717) is 6.73 Å². The van der Waals surface area contributed by atoms with Crippen LogP contribution in [0.25, 0.3) is 0 Å². The summed E-state index contributed by atoms with van der Waals surface area (Å²) < 4.78 is 5.67. The van der Waals surface area contributed by atoms with E-state index in [0.717, 1.165) is 25.1 Å². The van der Waals surface area contributed by atoms with Crippen molar-refractivity contribution in [2.45, 2.75) is 45.5 Å². The fraction of sp³-hybridized carbons (Fsp3) is 0.833. The number of hydrazine groups is 1. The lowest BCUT2D eigenvalue weighted by Gasteiger charge is -2.25. The van der Waals surface area contributed by atoms with E-state index in [2.05, 4.69) is 38.6 Å². The van der Waals surface area contributed by atoms with E-state index in [1.165, 1.54) is 6.04 Å². The van der Waals surface area contributed by atoms with Gasteiger partial charge in [0.05, 0.1) is 0 Å². The standard InChI is InChI=1S/C12H28N2OSi/c1-7-8-12(2)14(13-3)11-15-9-10-16(4,5)6/h13H,2,7-11H2,1,3-6H3. The van der Waals surface area contributed by atoms with Gasteiger partial charge in [0.25, 0.3) is 0 Å². The van der Waals surface area contributed by atoms with E-state index in [1.54, 1.807) is 0 Å². The first kappa shape index (κ1) is 15.7. The van der Waals surface area contributed by atoms with Crippen molar-refractivity contribution in [2.24, 2.45) is 0 Å². The molecule has 1 N–H and O–H groups in total. The first-order valence-corrected chi connectivity index (χ1v) is 9.82. The van der Waals surface area contributed by atoms with Crippen LogP contribution in [-0.2, 0) is 4.74 Å². The van der Waals surface area contributed by atoms with E-state index >= 15 is 0 Å². The maximum atomic E-state index is 5.67. The zero-order valence-electron chi connectivity index (χ0n) is 11.6. The minimum absolute atomic E-state index is 0.597. The van der Waals surface area contributed by atoms with Crippen molar-refractivity contribution in [1.29, 1.82) is 0 Å². The highest BCUT2D eigenvalue weighted by molar-refractivity contribution is 6.76. The molecule has 0 unspecified atom stereocenters. The lowest BCUT2D eigenvalue weighted by Crippen LogP contribution is -2.36. The molecule has 0 atom stereocenters. The molecular weight excluding hydrogens is 216 g/mol. The molecule has 0 radical (unpaired) electrons. The monoisotopic (exact) mass is 244 g/mol. The van der Waals surface area contributed by atoms with Crippen LogP contribution < -0.4 is 5.43 Å². The first-order valence-electron chi connectivity index (χ1n) is 6.11. The molecule has 0 aromatic rings. The van der Waals surface area contributed by atoms with Crippen LogP contribution in [0.15, 0.2) is 12.3 Å². The molecule has 0 aliphatic heterocycles. The molecular formula is C12H28N2OSi. The van der Waals surface area contributed by atoms with Crippen molar-refractivity contribution in [1.82, 2.24) is 10.4 Å². The van der Waals surface area contributed by atoms with Gasteiger partial charge in [-0.15, -0.1) is 0 Å². The largest absolute Gasteiger partial charge is 0.360 e. The molecule has 0 fully saturated rings. The zero-order valence-corrected chi connectivity index (χ0v) is 12.6. The summed E-state index contributed by atoms with van der Waals surface area (Å²) in [5.41, 5.74) is 4.20. The molecule has 0 spiro atoms. The number of nitrogens with zero attached hydrogens (tertiary/aromatic N) is 1. The van der Waals surface area contributed by atoms with Crippen molar-refractivity contribution < 1.29 is 4.74 Å². The van der Waals surface area contributed by atoms with Gasteiger partial charge in [-0.2, -0.15) is 0 Å². The smallest absolute Gasteiger partial charge is 0.132 e. The zero-order chi connectivity index (χ0) is 12.6. The van der Waals surface area contributed by atoms with Gasteiger partial charge >= 0.3 is 0 Å². The summed E-state index contributed by atoms with van der Waals surface area (Å²) in [5, 5.41) is 1.98. The van der Waals surface area contributed by atoms with Gasteiger partial charge in [0.2, 0.25) is 0 Å². The van der Waals surface area contributed by atoms with E-state index in [-0.39, 0.29) is 0 Å². The van der Waals surface area contributed by atoms with Crippen LogP contribution in [0.2, 0.25) is 25.7 Å². The molecule has 4 heteroatoms. The second-order valence-corrected chi connectivity index (χ2v) is 10.9. The number of nitrogens with one attached hydrogen (secondary N) is 1. The third-order valence-corrected chi connectivity index (χ3v) is 4.11. The maximum absolute atomic E-state index is 5.67. The Morgan fingerprint density at radius 1 is 1.38 bits per heavy atom. The summed E-state index contributed by atoms with van der Waals surface area (Å²) >= 11 is 0.